The van der Waals surface area contributed by atoms with E-state index < -0.39 is 0 Å². The Kier molecular flexibility index (Phi) is 9.52. The lowest BCUT2D eigenvalue weighted by atomic mass is 10.1. The molecule has 1 heterocycles. The van der Waals surface area contributed by atoms with Crippen LogP contribution < -0.4 is 10.6 Å². The van der Waals surface area contributed by atoms with Crippen LogP contribution in [0.25, 0.3) is 0 Å². The van der Waals surface area contributed by atoms with Gasteiger partial charge >= 0.3 is 0 Å². The predicted octanol–water partition coefficient (Wildman–Crippen LogP) is 1.32. The van der Waals surface area contributed by atoms with Gasteiger partial charge in [-0.25, -0.2) is 0 Å². The van der Waals surface area contributed by atoms with Gasteiger partial charge in [-0.05, 0) is 47.7 Å². The van der Waals surface area contributed by atoms with E-state index in [9.17, 15) is 0 Å². The largest absolute Gasteiger partial charge is 0.381 e. The highest BCUT2D eigenvalue weighted by Gasteiger charge is 2.20. The number of ether oxygens (including phenoxy) is 2. The van der Waals surface area contributed by atoms with Gasteiger partial charge in [0.1, 0.15) is 0 Å². The van der Waals surface area contributed by atoms with Crippen LogP contribution in [0.15, 0.2) is 4.99 Å². The van der Waals surface area contributed by atoms with Gasteiger partial charge in [0, 0.05) is 37.8 Å². The molecule has 0 bridgehead atoms. The highest BCUT2D eigenvalue weighted by atomic mass is 16.5. The fourth-order valence-electron chi connectivity index (χ4n) is 2.10. The number of rotatable bonds is 10. The summed E-state index contributed by atoms with van der Waals surface area (Å²) in [5.74, 6) is 1.47. The number of nitrogens with zero attached hydrogens (tertiary/aromatic N) is 2. The van der Waals surface area contributed by atoms with Crippen molar-refractivity contribution in [1.82, 2.24) is 15.5 Å². The molecule has 0 saturated carbocycles. The summed E-state index contributed by atoms with van der Waals surface area (Å²) in [6.45, 7) is 12.3. The quantitative estimate of drug-likeness (QED) is 0.360. The molecule has 0 aromatic heterocycles. The van der Waals surface area contributed by atoms with Crippen LogP contribution in [-0.4, -0.2) is 76.6 Å². The van der Waals surface area contributed by atoms with Gasteiger partial charge in [-0.3, -0.25) is 4.99 Å². The molecule has 0 aliphatic carbocycles. The molecule has 6 nitrogen and oxygen atoms in total. The van der Waals surface area contributed by atoms with Crippen molar-refractivity contribution in [1.29, 1.82) is 0 Å². The molecule has 1 aliphatic rings. The molecule has 23 heavy (non-hydrogen) atoms. The van der Waals surface area contributed by atoms with Crippen LogP contribution in [0.4, 0.5) is 0 Å². The Hall–Kier alpha value is -0.850. The van der Waals surface area contributed by atoms with Crippen molar-refractivity contribution in [2.75, 3.05) is 60.2 Å². The Labute approximate surface area is 142 Å². The van der Waals surface area contributed by atoms with Crippen molar-refractivity contribution >= 4 is 5.96 Å². The molecule has 1 rings (SSSR count). The summed E-state index contributed by atoms with van der Waals surface area (Å²) in [5.41, 5.74) is 0.0504. The maximum absolute atomic E-state index is 5.72. The fourth-order valence-corrected chi connectivity index (χ4v) is 2.10. The lowest BCUT2D eigenvalue weighted by Gasteiger charge is -2.31. The Morgan fingerprint density at radius 1 is 1.35 bits per heavy atom. The summed E-state index contributed by atoms with van der Waals surface area (Å²) in [6.07, 6.45) is 2.12. The summed E-state index contributed by atoms with van der Waals surface area (Å²) >= 11 is 0. The van der Waals surface area contributed by atoms with Crippen LogP contribution in [-0.2, 0) is 9.47 Å². The summed E-state index contributed by atoms with van der Waals surface area (Å²) in [5, 5.41) is 6.67. The first-order valence-electron chi connectivity index (χ1n) is 8.81. The molecule has 0 amide bonds. The Morgan fingerprint density at radius 3 is 2.74 bits per heavy atom. The number of likely N-dealkylation sites (N-methyl/N-ethyl adjacent to an activating group) is 1. The molecule has 0 aromatic carbocycles. The number of guanidine groups is 1. The summed E-state index contributed by atoms with van der Waals surface area (Å²) in [7, 11) is 4.17. The topological polar surface area (TPSA) is 58.1 Å². The van der Waals surface area contributed by atoms with Crippen LogP contribution in [0.2, 0.25) is 0 Å². The molecule has 1 unspecified atom stereocenters. The van der Waals surface area contributed by atoms with E-state index >= 15 is 0 Å². The molecule has 1 saturated heterocycles. The zero-order chi connectivity index (χ0) is 17.1. The zero-order valence-electron chi connectivity index (χ0n) is 15.7. The molecular formula is C17H36N4O2. The molecule has 1 atom stereocenters. The van der Waals surface area contributed by atoms with E-state index in [0.717, 1.165) is 64.9 Å². The van der Waals surface area contributed by atoms with Crippen LogP contribution >= 0.6 is 0 Å². The summed E-state index contributed by atoms with van der Waals surface area (Å²) in [6, 6.07) is 0. The molecule has 2 N–H and O–H groups in total. The second kappa shape index (κ2) is 10.8. The first kappa shape index (κ1) is 20.2. The second-order valence-corrected chi connectivity index (χ2v) is 6.99. The minimum atomic E-state index is 0.0504. The third kappa shape index (κ3) is 8.53. The first-order valence-corrected chi connectivity index (χ1v) is 8.81. The first-order chi connectivity index (χ1) is 11.0. The number of hydrogen-bond donors (Lipinski definition) is 2. The van der Waals surface area contributed by atoms with Gasteiger partial charge in [-0.2, -0.15) is 0 Å². The van der Waals surface area contributed by atoms with E-state index in [1.54, 1.807) is 0 Å². The summed E-state index contributed by atoms with van der Waals surface area (Å²) in [4.78, 5) is 6.88. The van der Waals surface area contributed by atoms with Crippen molar-refractivity contribution in [2.24, 2.45) is 10.9 Å². The number of aliphatic imine (C=N–C) groups is 1. The van der Waals surface area contributed by atoms with Crippen LogP contribution in [0, 0.1) is 5.92 Å². The van der Waals surface area contributed by atoms with E-state index in [0.29, 0.717) is 5.92 Å². The zero-order valence-corrected chi connectivity index (χ0v) is 15.7. The maximum atomic E-state index is 5.72. The minimum Gasteiger partial charge on any atom is -0.381 e. The van der Waals surface area contributed by atoms with Crippen molar-refractivity contribution < 1.29 is 9.47 Å². The van der Waals surface area contributed by atoms with E-state index in [-0.39, 0.29) is 5.54 Å². The molecular weight excluding hydrogens is 292 g/mol. The number of nitrogens with one attached hydrogen (secondary N) is 2. The van der Waals surface area contributed by atoms with Crippen molar-refractivity contribution in [2.45, 2.75) is 39.2 Å². The van der Waals surface area contributed by atoms with Gasteiger partial charge in [0.2, 0.25) is 0 Å². The van der Waals surface area contributed by atoms with Gasteiger partial charge in [0.15, 0.2) is 5.96 Å². The highest BCUT2D eigenvalue weighted by molar-refractivity contribution is 5.79. The van der Waals surface area contributed by atoms with Crippen molar-refractivity contribution in [3.63, 3.8) is 0 Å². The minimum absolute atomic E-state index is 0.0504. The molecule has 0 radical (unpaired) electrons. The van der Waals surface area contributed by atoms with Gasteiger partial charge in [0.25, 0.3) is 0 Å². The third-order valence-corrected chi connectivity index (χ3v) is 4.31. The second-order valence-electron chi connectivity index (χ2n) is 6.99. The van der Waals surface area contributed by atoms with Crippen LogP contribution in [0.1, 0.15) is 33.6 Å². The SMILES string of the molecule is CCNC(=NCC(C)(C)N(C)C)NCCCOCC1CCOC1. The van der Waals surface area contributed by atoms with Gasteiger partial charge in [-0.15, -0.1) is 0 Å². The molecule has 6 heteroatoms. The number of hydrogen-bond acceptors (Lipinski definition) is 4. The molecule has 0 spiro atoms. The Balaban J connectivity index is 2.19. The van der Waals surface area contributed by atoms with Crippen LogP contribution in [0.5, 0.6) is 0 Å². The van der Waals surface area contributed by atoms with Gasteiger partial charge in [-0.1, -0.05) is 0 Å². The molecule has 0 aromatic rings. The Bertz CT molecular complexity index is 339. The van der Waals surface area contributed by atoms with Gasteiger partial charge in [0.05, 0.1) is 19.8 Å². The van der Waals surface area contributed by atoms with E-state index in [1.807, 2.05) is 0 Å². The average molecular weight is 329 g/mol. The lowest BCUT2D eigenvalue weighted by Crippen LogP contribution is -2.44. The summed E-state index contributed by atoms with van der Waals surface area (Å²) < 4.78 is 11.1. The standard InChI is InChI=1S/C17H36N4O2/c1-6-18-16(20-14-17(2,3)21(4)5)19-9-7-10-22-12-15-8-11-23-13-15/h15H,6-14H2,1-5H3,(H2,18,19,20). The van der Waals surface area contributed by atoms with Crippen molar-refractivity contribution in [3.05, 3.63) is 0 Å². The fraction of sp³-hybridized carbons (Fsp3) is 0.941. The lowest BCUT2D eigenvalue weighted by molar-refractivity contribution is 0.0888. The Morgan fingerprint density at radius 2 is 2.13 bits per heavy atom. The smallest absolute Gasteiger partial charge is 0.191 e. The monoisotopic (exact) mass is 328 g/mol. The van der Waals surface area contributed by atoms with E-state index in [1.165, 1.54) is 0 Å². The van der Waals surface area contributed by atoms with Crippen molar-refractivity contribution in [3.8, 4) is 0 Å². The maximum Gasteiger partial charge on any atom is 0.191 e. The highest BCUT2D eigenvalue weighted by Crippen LogP contribution is 2.12. The predicted molar refractivity (Wildman–Crippen MR) is 96.1 cm³/mol. The van der Waals surface area contributed by atoms with E-state index in [2.05, 4.69) is 55.4 Å². The average Bonchev–Trinajstić information content (AvgIpc) is 3.01. The normalized spacial score (nSPS) is 19.4. The van der Waals surface area contributed by atoms with Gasteiger partial charge < -0.3 is 25.0 Å². The third-order valence-electron chi connectivity index (χ3n) is 4.31. The molecule has 136 valence electrons. The van der Waals surface area contributed by atoms with E-state index in [4.69, 9.17) is 9.47 Å². The molecule has 1 aliphatic heterocycles. The molecule has 1 fully saturated rings. The van der Waals surface area contributed by atoms with Crippen LogP contribution in [0.3, 0.4) is 0 Å².